The fraction of sp³-hybridized carbons (Fsp3) is 0.267. The number of aryl methyl sites for hydroxylation is 1. The number of carbonyl (C=O) groups is 2. The lowest BCUT2D eigenvalue weighted by atomic mass is 10.1. The van der Waals surface area contributed by atoms with Gasteiger partial charge in [-0.05, 0) is 48.2 Å². The van der Waals surface area contributed by atoms with E-state index in [1.165, 1.54) is 12.1 Å². The number of furan rings is 1. The number of methoxy groups -OCH3 is 1. The topological polar surface area (TPSA) is 152 Å². The van der Waals surface area contributed by atoms with E-state index in [9.17, 15) is 26.4 Å². The van der Waals surface area contributed by atoms with E-state index < -0.39 is 43.7 Å². The quantitative estimate of drug-likeness (QED) is 0.183. The SMILES string of the molecule is COC(=O)C(C(C)C)N(NC(=O)c1oc2cccc(NCS(C)(=O)=O)c2c1C)S(=O)(=O)c1ccc(-c2ccccc2)cc1. The molecular weight excluding hydrogens is 594 g/mol. The third-order valence-corrected chi connectivity index (χ3v) is 9.11. The molecule has 1 atom stereocenters. The summed E-state index contributed by atoms with van der Waals surface area (Å²) < 4.78 is 62.8. The van der Waals surface area contributed by atoms with E-state index in [0.29, 0.717) is 21.1 Å². The first-order valence-corrected chi connectivity index (χ1v) is 16.8. The average Bonchev–Trinajstić information content (AvgIpc) is 3.32. The number of nitrogens with one attached hydrogen (secondary N) is 2. The van der Waals surface area contributed by atoms with Crippen molar-refractivity contribution in [3.63, 3.8) is 0 Å². The number of benzene rings is 3. The number of amides is 1. The van der Waals surface area contributed by atoms with Crippen LogP contribution in [0.3, 0.4) is 0 Å². The number of rotatable bonds is 11. The van der Waals surface area contributed by atoms with Gasteiger partial charge in [-0.25, -0.2) is 16.8 Å². The maximum atomic E-state index is 14.0. The van der Waals surface area contributed by atoms with Gasteiger partial charge in [-0.15, -0.1) is 0 Å². The highest BCUT2D eigenvalue weighted by Gasteiger charge is 2.41. The number of hydrogen-bond acceptors (Lipinski definition) is 9. The van der Waals surface area contributed by atoms with Crippen molar-refractivity contribution in [1.29, 1.82) is 0 Å². The largest absolute Gasteiger partial charge is 0.468 e. The number of sulfonamides is 1. The normalized spacial score (nSPS) is 12.8. The van der Waals surface area contributed by atoms with Crippen LogP contribution in [-0.4, -0.2) is 58.4 Å². The monoisotopic (exact) mass is 627 g/mol. The van der Waals surface area contributed by atoms with Crippen LogP contribution in [0.1, 0.15) is 30.0 Å². The van der Waals surface area contributed by atoms with Crippen molar-refractivity contribution in [3.05, 3.63) is 84.1 Å². The highest BCUT2D eigenvalue weighted by atomic mass is 32.2. The van der Waals surface area contributed by atoms with Crippen molar-refractivity contribution in [2.75, 3.05) is 24.6 Å². The van der Waals surface area contributed by atoms with E-state index in [2.05, 4.69) is 10.7 Å². The van der Waals surface area contributed by atoms with Crippen LogP contribution in [-0.2, 0) is 29.4 Å². The molecule has 0 fully saturated rings. The molecule has 1 unspecified atom stereocenters. The molecular formula is C30H33N3O8S2. The van der Waals surface area contributed by atoms with Crippen LogP contribution in [0.5, 0.6) is 0 Å². The van der Waals surface area contributed by atoms with Gasteiger partial charge in [0.2, 0.25) is 0 Å². The van der Waals surface area contributed by atoms with E-state index in [1.54, 1.807) is 51.1 Å². The van der Waals surface area contributed by atoms with Crippen molar-refractivity contribution < 1.29 is 35.6 Å². The molecule has 0 bridgehead atoms. The van der Waals surface area contributed by atoms with Crippen molar-refractivity contribution in [2.24, 2.45) is 5.92 Å². The van der Waals surface area contributed by atoms with Gasteiger partial charge in [-0.2, -0.15) is 0 Å². The summed E-state index contributed by atoms with van der Waals surface area (Å²) in [5, 5.41) is 3.29. The standard InChI is InChI=1S/C30H33N3O8S2/c1-19(2)27(30(35)40-4)33(43(38,39)23-16-14-22(15-17-23)21-10-7-6-8-11-21)32-29(34)28-20(3)26-24(31-18-42(5,36)37)12-9-13-25(26)41-28/h6-17,19,27,31H,18H2,1-5H3,(H,32,34). The lowest BCUT2D eigenvalue weighted by molar-refractivity contribution is -0.147. The number of hydrazine groups is 1. The third-order valence-electron chi connectivity index (χ3n) is 6.74. The Labute approximate surface area is 250 Å². The molecule has 11 nitrogen and oxygen atoms in total. The summed E-state index contributed by atoms with van der Waals surface area (Å²) in [6, 6.07) is 18.9. The van der Waals surface area contributed by atoms with Crippen LogP contribution in [0.15, 0.2) is 82.1 Å². The lowest BCUT2D eigenvalue weighted by Gasteiger charge is -2.31. The van der Waals surface area contributed by atoms with Crippen molar-refractivity contribution >= 4 is 48.4 Å². The smallest absolute Gasteiger partial charge is 0.326 e. The molecule has 0 saturated heterocycles. The fourth-order valence-electron chi connectivity index (χ4n) is 4.63. The van der Waals surface area contributed by atoms with Crippen LogP contribution in [0.25, 0.3) is 22.1 Å². The minimum Gasteiger partial charge on any atom is -0.468 e. The first-order valence-electron chi connectivity index (χ1n) is 13.3. The van der Waals surface area contributed by atoms with Gasteiger partial charge in [0.05, 0.1) is 12.0 Å². The second kappa shape index (κ2) is 12.6. The molecule has 3 aromatic carbocycles. The molecule has 2 N–H and O–H groups in total. The Kier molecular flexibility index (Phi) is 9.28. The number of carbonyl (C=O) groups excluding carboxylic acids is 2. The van der Waals surface area contributed by atoms with E-state index >= 15 is 0 Å². The molecule has 0 saturated carbocycles. The highest BCUT2D eigenvalue weighted by molar-refractivity contribution is 7.90. The second-order valence-corrected chi connectivity index (χ2v) is 14.3. The summed E-state index contributed by atoms with van der Waals surface area (Å²) in [5.41, 5.74) is 5.09. The van der Waals surface area contributed by atoms with E-state index in [-0.39, 0.29) is 22.1 Å². The Morgan fingerprint density at radius 3 is 2.12 bits per heavy atom. The number of fused-ring (bicyclic) bond motifs is 1. The molecule has 4 rings (SSSR count). The van der Waals surface area contributed by atoms with Crippen molar-refractivity contribution in [2.45, 2.75) is 31.7 Å². The summed E-state index contributed by atoms with van der Waals surface area (Å²) >= 11 is 0. The predicted octanol–water partition coefficient (Wildman–Crippen LogP) is 4.36. The molecule has 0 spiro atoms. The molecule has 1 aromatic heterocycles. The number of hydrogen-bond donors (Lipinski definition) is 2. The summed E-state index contributed by atoms with van der Waals surface area (Å²) in [7, 11) is -6.72. The Balaban J connectivity index is 1.75. The molecule has 4 aromatic rings. The number of sulfone groups is 1. The third kappa shape index (κ3) is 6.90. The predicted molar refractivity (Wildman–Crippen MR) is 163 cm³/mol. The van der Waals surface area contributed by atoms with E-state index in [1.807, 2.05) is 30.3 Å². The first kappa shape index (κ1) is 31.7. The zero-order valence-corrected chi connectivity index (χ0v) is 26.0. The summed E-state index contributed by atoms with van der Waals surface area (Å²) in [6.07, 6.45) is 1.08. The van der Waals surface area contributed by atoms with Crippen molar-refractivity contribution in [1.82, 2.24) is 9.84 Å². The molecule has 1 heterocycles. The fourth-order valence-corrected chi connectivity index (χ4v) is 6.59. The maximum absolute atomic E-state index is 14.0. The van der Waals surface area contributed by atoms with Gasteiger partial charge in [-0.3, -0.25) is 15.0 Å². The molecule has 0 aliphatic carbocycles. The molecule has 43 heavy (non-hydrogen) atoms. The van der Waals surface area contributed by atoms with Crippen LogP contribution >= 0.6 is 0 Å². The molecule has 228 valence electrons. The highest BCUT2D eigenvalue weighted by Crippen LogP contribution is 2.32. The summed E-state index contributed by atoms with van der Waals surface area (Å²) in [5.74, 6) is -2.96. The van der Waals surface area contributed by atoms with Crippen LogP contribution in [0.4, 0.5) is 5.69 Å². The van der Waals surface area contributed by atoms with Gasteiger partial charge >= 0.3 is 11.9 Å². The van der Waals surface area contributed by atoms with Gasteiger partial charge in [0.15, 0.2) is 15.6 Å². The first-order chi connectivity index (χ1) is 20.2. The van der Waals surface area contributed by atoms with Gasteiger partial charge in [0.25, 0.3) is 10.0 Å². The number of anilines is 1. The number of esters is 1. The van der Waals surface area contributed by atoms with Crippen LogP contribution in [0.2, 0.25) is 0 Å². The second-order valence-electron chi connectivity index (χ2n) is 10.3. The lowest BCUT2D eigenvalue weighted by Crippen LogP contribution is -2.56. The van der Waals surface area contributed by atoms with Gasteiger partial charge in [0, 0.05) is 22.9 Å². The van der Waals surface area contributed by atoms with Gasteiger partial charge in [-0.1, -0.05) is 66.8 Å². The minimum atomic E-state index is -4.50. The molecule has 13 heteroatoms. The Morgan fingerprint density at radius 1 is 0.907 bits per heavy atom. The molecule has 0 radical (unpaired) electrons. The van der Waals surface area contributed by atoms with Gasteiger partial charge < -0.3 is 14.5 Å². The maximum Gasteiger partial charge on any atom is 0.326 e. The number of ether oxygens (including phenoxy) is 1. The Hall–Kier alpha value is -4.20. The van der Waals surface area contributed by atoms with Crippen molar-refractivity contribution in [3.8, 4) is 11.1 Å². The molecule has 1 amide bonds. The van der Waals surface area contributed by atoms with Gasteiger partial charge in [0.1, 0.15) is 17.5 Å². The Morgan fingerprint density at radius 2 is 1.53 bits per heavy atom. The van der Waals surface area contributed by atoms with E-state index in [4.69, 9.17) is 9.15 Å². The molecule has 0 aliphatic heterocycles. The minimum absolute atomic E-state index is 0.157. The zero-order valence-electron chi connectivity index (χ0n) is 24.3. The molecule has 0 aliphatic rings. The van der Waals surface area contributed by atoms with E-state index in [0.717, 1.165) is 24.5 Å². The average molecular weight is 628 g/mol. The zero-order chi connectivity index (χ0) is 31.5. The summed E-state index contributed by atoms with van der Waals surface area (Å²) in [4.78, 5) is 26.4. The van der Waals surface area contributed by atoms with Crippen LogP contribution < -0.4 is 10.7 Å². The Bertz CT molecular complexity index is 1850. The summed E-state index contributed by atoms with van der Waals surface area (Å²) in [6.45, 7) is 4.84. The number of nitrogens with zero attached hydrogens (tertiary/aromatic N) is 1. The van der Waals surface area contributed by atoms with Crippen LogP contribution in [0, 0.1) is 12.8 Å².